The molecule has 1 aromatic carbocycles. The molecule has 3 nitrogen and oxygen atoms in total. The molecule has 1 rings (SSSR count). The third kappa shape index (κ3) is 3.47. The molecular weight excluding hydrogens is 207 g/mol. The standard InChI is InChI=1S/C12H19FN2O/c1-12(2,16)8-15(3)11-5-4-10(13)6-9(11)7-14/h4-6,16H,7-8,14H2,1-3H3. The zero-order valence-electron chi connectivity index (χ0n) is 10.00. The maximum absolute atomic E-state index is 13.0. The average Bonchev–Trinajstić information content (AvgIpc) is 2.14. The lowest BCUT2D eigenvalue weighted by molar-refractivity contribution is 0.0886. The van der Waals surface area contributed by atoms with Crippen molar-refractivity contribution >= 4 is 5.69 Å². The highest BCUT2D eigenvalue weighted by Gasteiger charge is 2.17. The molecule has 0 bridgehead atoms. The number of anilines is 1. The maximum Gasteiger partial charge on any atom is 0.123 e. The van der Waals surface area contributed by atoms with Crippen molar-refractivity contribution in [2.24, 2.45) is 5.73 Å². The van der Waals surface area contributed by atoms with E-state index in [2.05, 4.69) is 0 Å². The summed E-state index contributed by atoms with van der Waals surface area (Å²) in [6, 6.07) is 4.51. The smallest absolute Gasteiger partial charge is 0.123 e. The fourth-order valence-corrected chi connectivity index (χ4v) is 1.76. The Labute approximate surface area is 95.7 Å². The molecule has 0 amide bonds. The van der Waals surface area contributed by atoms with E-state index in [1.165, 1.54) is 12.1 Å². The van der Waals surface area contributed by atoms with Crippen molar-refractivity contribution in [3.05, 3.63) is 29.6 Å². The van der Waals surface area contributed by atoms with Crippen molar-refractivity contribution in [1.82, 2.24) is 0 Å². The molecule has 90 valence electrons. The zero-order chi connectivity index (χ0) is 12.3. The molecule has 0 spiro atoms. The highest BCUT2D eigenvalue weighted by Crippen LogP contribution is 2.21. The molecule has 0 fully saturated rings. The molecule has 0 unspecified atom stereocenters. The summed E-state index contributed by atoms with van der Waals surface area (Å²) in [5.41, 5.74) is 6.36. The van der Waals surface area contributed by atoms with Gasteiger partial charge in [0.15, 0.2) is 0 Å². The lowest BCUT2D eigenvalue weighted by atomic mass is 10.1. The van der Waals surface area contributed by atoms with Crippen molar-refractivity contribution in [2.75, 3.05) is 18.5 Å². The van der Waals surface area contributed by atoms with Gasteiger partial charge < -0.3 is 15.7 Å². The molecule has 0 saturated heterocycles. The van der Waals surface area contributed by atoms with E-state index in [4.69, 9.17) is 5.73 Å². The van der Waals surface area contributed by atoms with Crippen molar-refractivity contribution in [2.45, 2.75) is 26.0 Å². The topological polar surface area (TPSA) is 49.5 Å². The fraction of sp³-hybridized carbons (Fsp3) is 0.500. The minimum Gasteiger partial charge on any atom is -0.389 e. The number of likely N-dealkylation sites (N-methyl/N-ethyl adjacent to an activating group) is 1. The van der Waals surface area contributed by atoms with Crippen LogP contribution in [0.5, 0.6) is 0 Å². The lowest BCUT2D eigenvalue weighted by Crippen LogP contribution is -2.36. The van der Waals surface area contributed by atoms with Crippen LogP contribution in [0, 0.1) is 5.82 Å². The van der Waals surface area contributed by atoms with Crippen LogP contribution >= 0.6 is 0 Å². The summed E-state index contributed by atoms with van der Waals surface area (Å²) in [5.74, 6) is -0.291. The van der Waals surface area contributed by atoms with Crippen LogP contribution in [-0.4, -0.2) is 24.3 Å². The second-order valence-electron chi connectivity index (χ2n) is 4.65. The number of hydrogen-bond acceptors (Lipinski definition) is 3. The fourth-order valence-electron chi connectivity index (χ4n) is 1.76. The first-order valence-corrected chi connectivity index (χ1v) is 5.25. The average molecular weight is 226 g/mol. The molecule has 0 saturated carbocycles. The van der Waals surface area contributed by atoms with Crippen LogP contribution in [-0.2, 0) is 6.54 Å². The Balaban J connectivity index is 2.94. The highest BCUT2D eigenvalue weighted by molar-refractivity contribution is 5.53. The SMILES string of the molecule is CN(CC(C)(C)O)c1ccc(F)cc1CN. The van der Waals surface area contributed by atoms with E-state index in [0.717, 1.165) is 11.3 Å². The summed E-state index contributed by atoms with van der Waals surface area (Å²) in [4.78, 5) is 1.88. The first-order valence-electron chi connectivity index (χ1n) is 5.25. The molecule has 0 aliphatic rings. The Morgan fingerprint density at radius 2 is 2.06 bits per heavy atom. The maximum atomic E-state index is 13.0. The van der Waals surface area contributed by atoms with Gasteiger partial charge in [-0.25, -0.2) is 4.39 Å². The Bertz CT molecular complexity index is 361. The van der Waals surface area contributed by atoms with Crippen LogP contribution in [0.25, 0.3) is 0 Å². The first-order chi connectivity index (χ1) is 7.33. The minimum absolute atomic E-state index is 0.281. The van der Waals surface area contributed by atoms with Gasteiger partial charge >= 0.3 is 0 Å². The number of nitrogens with two attached hydrogens (primary N) is 1. The monoisotopic (exact) mass is 226 g/mol. The van der Waals surface area contributed by atoms with Gasteiger partial charge in [0.25, 0.3) is 0 Å². The van der Waals surface area contributed by atoms with Crippen LogP contribution < -0.4 is 10.6 Å². The van der Waals surface area contributed by atoms with E-state index < -0.39 is 5.60 Å². The van der Waals surface area contributed by atoms with Gasteiger partial charge in [0, 0.05) is 25.8 Å². The third-order valence-electron chi connectivity index (χ3n) is 2.30. The molecule has 0 aliphatic heterocycles. The summed E-state index contributed by atoms with van der Waals surface area (Å²) in [6.45, 7) is 4.21. The molecule has 1 aromatic rings. The van der Waals surface area contributed by atoms with E-state index in [1.807, 2.05) is 11.9 Å². The Hall–Kier alpha value is -1.13. The summed E-state index contributed by atoms with van der Waals surface area (Å²) >= 11 is 0. The van der Waals surface area contributed by atoms with Crippen molar-refractivity contribution in [3.8, 4) is 0 Å². The van der Waals surface area contributed by atoms with Gasteiger partial charge in [-0.1, -0.05) is 0 Å². The van der Waals surface area contributed by atoms with E-state index in [-0.39, 0.29) is 12.4 Å². The van der Waals surface area contributed by atoms with E-state index in [9.17, 15) is 9.50 Å². The second kappa shape index (κ2) is 4.80. The van der Waals surface area contributed by atoms with Gasteiger partial charge in [-0.2, -0.15) is 0 Å². The van der Waals surface area contributed by atoms with Crippen molar-refractivity contribution < 1.29 is 9.50 Å². The first kappa shape index (κ1) is 12.9. The minimum atomic E-state index is -0.797. The molecule has 0 atom stereocenters. The van der Waals surface area contributed by atoms with Crippen LogP contribution in [0.15, 0.2) is 18.2 Å². The van der Waals surface area contributed by atoms with Gasteiger partial charge in [-0.15, -0.1) is 0 Å². The largest absolute Gasteiger partial charge is 0.389 e. The second-order valence-corrected chi connectivity index (χ2v) is 4.65. The summed E-state index contributed by atoms with van der Waals surface area (Å²) in [6.07, 6.45) is 0. The van der Waals surface area contributed by atoms with Gasteiger partial charge in [0.05, 0.1) is 5.60 Å². The molecule has 0 radical (unpaired) electrons. The lowest BCUT2D eigenvalue weighted by Gasteiger charge is -2.28. The number of nitrogens with zero attached hydrogens (tertiary/aromatic N) is 1. The summed E-state index contributed by atoms with van der Waals surface area (Å²) < 4.78 is 13.0. The van der Waals surface area contributed by atoms with Crippen LogP contribution in [0.3, 0.4) is 0 Å². The quantitative estimate of drug-likeness (QED) is 0.817. The summed E-state index contributed by atoms with van der Waals surface area (Å²) in [7, 11) is 1.85. The molecule has 16 heavy (non-hydrogen) atoms. The van der Waals surface area contributed by atoms with Crippen LogP contribution in [0.2, 0.25) is 0 Å². The Morgan fingerprint density at radius 1 is 1.44 bits per heavy atom. The normalized spacial score (nSPS) is 11.6. The molecular formula is C12H19FN2O. The predicted molar refractivity (Wildman–Crippen MR) is 63.9 cm³/mol. The van der Waals surface area contributed by atoms with Gasteiger partial charge in [0.2, 0.25) is 0 Å². The van der Waals surface area contributed by atoms with E-state index >= 15 is 0 Å². The predicted octanol–water partition coefficient (Wildman–Crippen LogP) is 1.49. The van der Waals surface area contributed by atoms with E-state index in [0.29, 0.717) is 6.54 Å². The van der Waals surface area contributed by atoms with Gasteiger partial charge in [-0.05, 0) is 37.6 Å². The van der Waals surface area contributed by atoms with Crippen molar-refractivity contribution in [1.29, 1.82) is 0 Å². The van der Waals surface area contributed by atoms with Crippen LogP contribution in [0.4, 0.5) is 10.1 Å². The molecule has 0 aliphatic carbocycles. The number of benzene rings is 1. The number of hydrogen-bond donors (Lipinski definition) is 2. The number of aliphatic hydroxyl groups is 1. The molecule has 3 N–H and O–H groups in total. The van der Waals surface area contributed by atoms with Gasteiger partial charge in [-0.3, -0.25) is 0 Å². The highest BCUT2D eigenvalue weighted by atomic mass is 19.1. The summed E-state index contributed by atoms with van der Waals surface area (Å²) in [5, 5.41) is 9.72. The molecule has 4 heteroatoms. The Morgan fingerprint density at radius 3 is 2.56 bits per heavy atom. The Kier molecular flexibility index (Phi) is 3.88. The molecule has 0 heterocycles. The third-order valence-corrected chi connectivity index (χ3v) is 2.30. The number of halogens is 1. The zero-order valence-corrected chi connectivity index (χ0v) is 10.00. The van der Waals surface area contributed by atoms with Gasteiger partial charge in [0.1, 0.15) is 5.82 Å². The van der Waals surface area contributed by atoms with Crippen molar-refractivity contribution in [3.63, 3.8) is 0 Å². The van der Waals surface area contributed by atoms with E-state index in [1.54, 1.807) is 19.9 Å². The molecule has 0 aromatic heterocycles. The number of rotatable bonds is 4. The van der Waals surface area contributed by atoms with Crippen LogP contribution in [0.1, 0.15) is 19.4 Å².